The van der Waals surface area contributed by atoms with E-state index in [0.717, 1.165) is 29.5 Å². The van der Waals surface area contributed by atoms with Gasteiger partial charge in [0.2, 0.25) is 0 Å². The molecule has 1 aromatic heterocycles. The van der Waals surface area contributed by atoms with E-state index < -0.39 is 29.4 Å². The summed E-state index contributed by atoms with van der Waals surface area (Å²) < 4.78 is 71.6. The first-order valence-electron chi connectivity index (χ1n) is 9.34. The number of fused-ring (bicyclic) bond motifs is 1. The molecular weight excluding hydrogens is 441 g/mol. The maximum absolute atomic E-state index is 13.8. The highest BCUT2D eigenvalue weighted by Crippen LogP contribution is 2.32. The number of piperidine rings is 1. The SMILES string of the molecule is O=C(Nc1cccc(C(F)(F)F)c1)N1CCC(Oc2nc3c(F)cc(F)cc3s2)CC1. The molecule has 0 atom stereocenters. The molecule has 5 nitrogen and oxygen atoms in total. The van der Waals surface area contributed by atoms with Crippen LogP contribution in [-0.4, -0.2) is 35.1 Å². The van der Waals surface area contributed by atoms with Gasteiger partial charge in [-0.25, -0.2) is 13.6 Å². The number of halogens is 5. The second-order valence-corrected chi connectivity index (χ2v) is 8.02. The zero-order chi connectivity index (χ0) is 22.2. The maximum Gasteiger partial charge on any atom is 0.416 e. The van der Waals surface area contributed by atoms with Crippen molar-refractivity contribution in [2.75, 3.05) is 18.4 Å². The first kappa shape index (κ1) is 21.3. The molecule has 1 fully saturated rings. The Morgan fingerprint density at radius 2 is 1.90 bits per heavy atom. The molecule has 4 rings (SSSR count). The van der Waals surface area contributed by atoms with Crippen molar-refractivity contribution >= 4 is 33.3 Å². The maximum atomic E-state index is 13.8. The van der Waals surface area contributed by atoms with Crippen molar-refractivity contribution in [1.82, 2.24) is 9.88 Å². The van der Waals surface area contributed by atoms with E-state index in [9.17, 15) is 26.7 Å². The van der Waals surface area contributed by atoms with Gasteiger partial charge in [-0.2, -0.15) is 18.2 Å². The number of nitrogens with one attached hydrogen (secondary N) is 1. The summed E-state index contributed by atoms with van der Waals surface area (Å²) in [4.78, 5) is 17.9. The molecule has 1 N–H and O–H groups in total. The number of carbonyl (C=O) groups is 1. The van der Waals surface area contributed by atoms with Crippen LogP contribution in [0.2, 0.25) is 0 Å². The Balaban J connectivity index is 1.33. The molecule has 3 aromatic rings. The van der Waals surface area contributed by atoms with Gasteiger partial charge >= 0.3 is 12.2 Å². The summed E-state index contributed by atoms with van der Waals surface area (Å²) in [6, 6.07) is 5.86. The van der Waals surface area contributed by atoms with Crippen LogP contribution >= 0.6 is 11.3 Å². The van der Waals surface area contributed by atoms with E-state index in [1.54, 1.807) is 0 Å². The van der Waals surface area contributed by atoms with Gasteiger partial charge in [0.15, 0.2) is 5.82 Å². The predicted molar refractivity (Wildman–Crippen MR) is 105 cm³/mol. The van der Waals surface area contributed by atoms with Crippen LogP contribution in [0.25, 0.3) is 10.2 Å². The fraction of sp³-hybridized carbons (Fsp3) is 0.300. The van der Waals surface area contributed by atoms with Crippen LogP contribution in [0.5, 0.6) is 5.19 Å². The van der Waals surface area contributed by atoms with Gasteiger partial charge in [-0.3, -0.25) is 0 Å². The summed E-state index contributed by atoms with van der Waals surface area (Å²) in [6.07, 6.45) is -3.84. The minimum absolute atomic E-state index is 0.0410. The van der Waals surface area contributed by atoms with E-state index in [1.807, 2.05) is 0 Å². The number of alkyl halides is 3. The third-order valence-corrected chi connectivity index (χ3v) is 5.72. The molecular formula is C20H16F5N3O2S. The fourth-order valence-electron chi connectivity index (χ4n) is 3.28. The Labute approximate surface area is 177 Å². The molecule has 2 aromatic carbocycles. The van der Waals surface area contributed by atoms with Crippen LogP contribution < -0.4 is 10.1 Å². The third-order valence-electron chi connectivity index (χ3n) is 4.83. The summed E-state index contributed by atoms with van der Waals surface area (Å²) in [5.74, 6) is -1.46. The van der Waals surface area contributed by atoms with Gasteiger partial charge < -0.3 is 15.0 Å². The van der Waals surface area contributed by atoms with Crippen LogP contribution in [0.1, 0.15) is 18.4 Å². The van der Waals surface area contributed by atoms with Crippen LogP contribution in [0, 0.1) is 11.6 Å². The Hall–Kier alpha value is -2.95. The summed E-state index contributed by atoms with van der Waals surface area (Å²) in [5, 5.41) is 2.69. The zero-order valence-corrected chi connectivity index (χ0v) is 16.7. The monoisotopic (exact) mass is 457 g/mol. The number of thiazole rings is 1. The molecule has 0 bridgehead atoms. The number of benzene rings is 2. The number of hydrogen-bond donors (Lipinski definition) is 1. The molecule has 0 aliphatic carbocycles. The Morgan fingerprint density at radius 1 is 1.16 bits per heavy atom. The number of carbonyl (C=O) groups excluding carboxylic acids is 1. The van der Waals surface area contributed by atoms with Gasteiger partial charge in [-0.05, 0) is 24.3 Å². The Morgan fingerprint density at radius 3 is 2.61 bits per heavy atom. The minimum Gasteiger partial charge on any atom is -0.467 e. The van der Waals surface area contributed by atoms with Crippen LogP contribution in [0.4, 0.5) is 32.4 Å². The number of urea groups is 1. The summed E-state index contributed by atoms with van der Waals surface area (Å²) in [5.41, 5.74) is -0.745. The lowest BCUT2D eigenvalue weighted by Gasteiger charge is -2.31. The molecule has 0 radical (unpaired) electrons. The third kappa shape index (κ3) is 4.87. The number of nitrogens with zero attached hydrogens (tertiary/aromatic N) is 2. The van der Waals surface area contributed by atoms with Gasteiger partial charge in [0.05, 0.1) is 10.3 Å². The first-order valence-corrected chi connectivity index (χ1v) is 10.2. The lowest BCUT2D eigenvalue weighted by atomic mass is 10.1. The standard InChI is InChI=1S/C20H16F5N3O2S/c21-12-9-15(22)17-16(10-12)31-19(27-17)30-14-4-6-28(7-5-14)18(29)26-13-3-1-2-11(8-13)20(23,24)25/h1-3,8-10,14H,4-7H2,(H,26,29). The lowest BCUT2D eigenvalue weighted by molar-refractivity contribution is -0.137. The summed E-state index contributed by atoms with van der Waals surface area (Å²) in [6.45, 7) is 0.646. The molecule has 0 saturated carbocycles. The van der Waals surface area contributed by atoms with Crippen molar-refractivity contribution in [3.05, 3.63) is 53.6 Å². The van der Waals surface area contributed by atoms with Gasteiger partial charge in [-0.1, -0.05) is 17.4 Å². The topological polar surface area (TPSA) is 54.5 Å². The van der Waals surface area contributed by atoms with E-state index in [0.29, 0.717) is 30.6 Å². The van der Waals surface area contributed by atoms with E-state index in [1.165, 1.54) is 23.1 Å². The van der Waals surface area contributed by atoms with Crippen molar-refractivity contribution in [2.45, 2.75) is 25.1 Å². The number of aromatic nitrogens is 1. The normalized spacial score (nSPS) is 15.3. The quantitative estimate of drug-likeness (QED) is 0.516. The highest BCUT2D eigenvalue weighted by Gasteiger charge is 2.31. The Kier molecular flexibility index (Phi) is 5.69. The van der Waals surface area contributed by atoms with E-state index in [4.69, 9.17) is 4.74 Å². The van der Waals surface area contributed by atoms with E-state index in [2.05, 4.69) is 10.3 Å². The molecule has 0 spiro atoms. The minimum atomic E-state index is -4.49. The average Bonchev–Trinajstić information content (AvgIpc) is 3.10. The van der Waals surface area contributed by atoms with E-state index in [-0.39, 0.29) is 22.5 Å². The largest absolute Gasteiger partial charge is 0.467 e. The number of rotatable bonds is 3. The van der Waals surface area contributed by atoms with Crippen LogP contribution in [-0.2, 0) is 6.18 Å². The lowest BCUT2D eigenvalue weighted by Crippen LogP contribution is -2.43. The van der Waals surface area contributed by atoms with Gasteiger partial charge in [-0.15, -0.1) is 0 Å². The molecule has 1 saturated heterocycles. The van der Waals surface area contributed by atoms with Gasteiger partial charge in [0, 0.05) is 37.7 Å². The molecule has 2 amide bonds. The molecule has 1 aliphatic rings. The molecule has 2 heterocycles. The van der Waals surface area contributed by atoms with Crippen molar-refractivity contribution in [3.63, 3.8) is 0 Å². The molecule has 31 heavy (non-hydrogen) atoms. The van der Waals surface area contributed by atoms with Crippen molar-refractivity contribution in [2.24, 2.45) is 0 Å². The van der Waals surface area contributed by atoms with Crippen molar-refractivity contribution < 1.29 is 31.5 Å². The molecule has 11 heteroatoms. The van der Waals surface area contributed by atoms with Crippen molar-refractivity contribution in [1.29, 1.82) is 0 Å². The van der Waals surface area contributed by atoms with Crippen LogP contribution in [0.3, 0.4) is 0 Å². The fourth-order valence-corrected chi connectivity index (χ4v) is 4.20. The number of likely N-dealkylation sites (tertiary alicyclic amines) is 1. The number of anilines is 1. The average molecular weight is 457 g/mol. The van der Waals surface area contributed by atoms with Crippen molar-refractivity contribution in [3.8, 4) is 5.19 Å². The number of ether oxygens (including phenoxy) is 1. The number of amides is 2. The molecule has 164 valence electrons. The van der Waals surface area contributed by atoms with Crippen LogP contribution in [0.15, 0.2) is 36.4 Å². The highest BCUT2D eigenvalue weighted by atomic mass is 32.1. The number of hydrogen-bond acceptors (Lipinski definition) is 4. The molecule has 1 aliphatic heterocycles. The smallest absolute Gasteiger partial charge is 0.416 e. The highest BCUT2D eigenvalue weighted by molar-refractivity contribution is 7.20. The summed E-state index contributed by atoms with van der Waals surface area (Å²) >= 11 is 1.03. The van der Waals surface area contributed by atoms with Gasteiger partial charge in [0.25, 0.3) is 5.19 Å². The zero-order valence-electron chi connectivity index (χ0n) is 15.9. The van der Waals surface area contributed by atoms with Gasteiger partial charge in [0.1, 0.15) is 17.4 Å². The predicted octanol–water partition coefficient (Wildman–Crippen LogP) is 5.67. The summed E-state index contributed by atoms with van der Waals surface area (Å²) in [7, 11) is 0. The molecule has 0 unspecified atom stereocenters. The second kappa shape index (κ2) is 8.29. The second-order valence-electron chi connectivity index (χ2n) is 7.03. The van der Waals surface area contributed by atoms with E-state index >= 15 is 0 Å². The Bertz CT molecular complexity index is 1110. The first-order chi connectivity index (χ1) is 14.7.